The molecule has 4 nitrogen and oxygen atoms in total. The Morgan fingerprint density at radius 2 is 1.50 bits per heavy atom. The summed E-state index contributed by atoms with van der Waals surface area (Å²) in [5, 5.41) is 8.67. The highest BCUT2D eigenvalue weighted by Crippen LogP contribution is 2.23. The minimum atomic E-state index is -2.55. The maximum Gasteiger partial charge on any atom is 0.501 e. The lowest BCUT2D eigenvalue weighted by molar-refractivity contribution is 0.0678. The van der Waals surface area contributed by atoms with Crippen molar-refractivity contribution >= 4 is 8.80 Å². The molecule has 16 heavy (non-hydrogen) atoms. The molecule has 0 saturated heterocycles. The van der Waals surface area contributed by atoms with Crippen molar-refractivity contribution in [1.29, 1.82) is 5.26 Å². The molecule has 1 atom stereocenters. The van der Waals surface area contributed by atoms with Gasteiger partial charge in [-0.1, -0.05) is 6.92 Å². The maximum atomic E-state index is 8.67. The van der Waals surface area contributed by atoms with E-state index in [1.165, 1.54) is 0 Å². The largest absolute Gasteiger partial charge is 0.501 e. The Bertz CT molecular complexity index is 201. The zero-order valence-corrected chi connectivity index (χ0v) is 11.8. The topological polar surface area (TPSA) is 51.5 Å². The Labute approximate surface area is 99.9 Å². The van der Waals surface area contributed by atoms with E-state index in [0.29, 0.717) is 26.2 Å². The van der Waals surface area contributed by atoms with E-state index >= 15 is 0 Å². The van der Waals surface area contributed by atoms with Gasteiger partial charge in [-0.05, 0) is 26.7 Å². The van der Waals surface area contributed by atoms with Gasteiger partial charge in [0.05, 0.1) is 6.07 Å². The van der Waals surface area contributed by atoms with Crippen LogP contribution in [0, 0.1) is 17.2 Å². The van der Waals surface area contributed by atoms with E-state index < -0.39 is 8.80 Å². The van der Waals surface area contributed by atoms with E-state index in [-0.39, 0.29) is 5.92 Å². The molecular formula is C11H23NO3Si. The molecule has 0 saturated carbocycles. The number of rotatable bonds is 9. The molecule has 0 aromatic rings. The van der Waals surface area contributed by atoms with Crippen molar-refractivity contribution < 1.29 is 13.3 Å². The lowest BCUT2D eigenvalue weighted by Crippen LogP contribution is -2.47. The molecule has 0 amide bonds. The predicted octanol–water partition coefficient (Wildman–Crippen LogP) is 2.58. The highest BCUT2D eigenvalue weighted by atomic mass is 28.4. The Kier molecular flexibility index (Phi) is 8.48. The molecular weight excluding hydrogens is 222 g/mol. The van der Waals surface area contributed by atoms with Crippen molar-refractivity contribution in [2.45, 2.75) is 40.2 Å². The standard InChI is InChI=1S/C11H23NO3Si/c1-5-13-16(14-6-2,15-7-3)10-11(4)8-9-12/h11H,5-8,10H2,1-4H3. The second-order valence-electron chi connectivity index (χ2n) is 3.65. The molecule has 0 aromatic carbocycles. The average Bonchev–Trinajstić information content (AvgIpc) is 2.18. The molecule has 0 spiro atoms. The smallest absolute Gasteiger partial charge is 0.374 e. The van der Waals surface area contributed by atoms with Gasteiger partial charge < -0.3 is 13.3 Å². The van der Waals surface area contributed by atoms with E-state index in [4.69, 9.17) is 18.5 Å². The van der Waals surface area contributed by atoms with Crippen LogP contribution in [0.3, 0.4) is 0 Å². The summed E-state index contributed by atoms with van der Waals surface area (Å²) >= 11 is 0. The van der Waals surface area contributed by atoms with E-state index in [1.807, 2.05) is 27.7 Å². The number of nitrogens with zero attached hydrogens (tertiary/aromatic N) is 1. The summed E-state index contributed by atoms with van der Waals surface area (Å²) in [6.07, 6.45) is 0.516. The highest BCUT2D eigenvalue weighted by molar-refractivity contribution is 6.60. The lowest BCUT2D eigenvalue weighted by Gasteiger charge is -2.30. The molecule has 0 rings (SSSR count). The monoisotopic (exact) mass is 245 g/mol. The van der Waals surface area contributed by atoms with E-state index in [2.05, 4.69) is 6.07 Å². The predicted molar refractivity (Wildman–Crippen MR) is 64.8 cm³/mol. The molecule has 0 radical (unpaired) electrons. The van der Waals surface area contributed by atoms with Gasteiger partial charge in [-0.25, -0.2) is 0 Å². The van der Waals surface area contributed by atoms with E-state index in [0.717, 1.165) is 6.04 Å². The maximum absolute atomic E-state index is 8.67. The summed E-state index contributed by atoms with van der Waals surface area (Å²) in [6.45, 7) is 9.61. The van der Waals surface area contributed by atoms with Gasteiger partial charge in [0.15, 0.2) is 0 Å². The Hall–Kier alpha value is -0.413. The number of hydrogen-bond acceptors (Lipinski definition) is 4. The van der Waals surface area contributed by atoms with Crippen LogP contribution >= 0.6 is 0 Å². The second-order valence-corrected chi connectivity index (χ2v) is 6.29. The second kappa shape index (κ2) is 8.71. The van der Waals surface area contributed by atoms with Crippen LogP contribution in [0.4, 0.5) is 0 Å². The molecule has 0 aromatic heterocycles. The third-order valence-electron chi connectivity index (χ3n) is 2.13. The Morgan fingerprint density at radius 3 is 1.81 bits per heavy atom. The summed E-state index contributed by atoms with van der Waals surface area (Å²) in [7, 11) is -2.55. The molecule has 0 aliphatic heterocycles. The van der Waals surface area contributed by atoms with Crippen molar-refractivity contribution in [1.82, 2.24) is 0 Å². The van der Waals surface area contributed by atoms with Gasteiger partial charge in [0.1, 0.15) is 0 Å². The summed E-state index contributed by atoms with van der Waals surface area (Å²) in [4.78, 5) is 0. The molecule has 0 N–H and O–H groups in total. The summed E-state index contributed by atoms with van der Waals surface area (Å²) in [6, 6.07) is 2.89. The van der Waals surface area contributed by atoms with Crippen LogP contribution in [0.2, 0.25) is 6.04 Å². The van der Waals surface area contributed by atoms with Crippen molar-refractivity contribution in [2.24, 2.45) is 5.92 Å². The molecule has 94 valence electrons. The Balaban J connectivity index is 4.52. The van der Waals surface area contributed by atoms with Crippen LogP contribution in [0.5, 0.6) is 0 Å². The molecule has 0 fully saturated rings. The minimum absolute atomic E-state index is 0.251. The van der Waals surface area contributed by atoms with Crippen LogP contribution < -0.4 is 0 Å². The fraction of sp³-hybridized carbons (Fsp3) is 0.909. The first-order valence-corrected chi connectivity index (χ1v) is 7.86. The first kappa shape index (κ1) is 15.6. The Morgan fingerprint density at radius 1 is 1.06 bits per heavy atom. The summed E-state index contributed by atoms with van der Waals surface area (Å²) in [5.41, 5.74) is 0. The number of hydrogen-bond donors (Lipinski definition) is 0. The first-order chi connectivity index (χ1) is 7.64. The van der Waals surface area contributed by atoms with Crippen LogP contribution in [0.15, 0.2) is 0 Å². The molecule has 0 aliphatic carbocycles. The third kappa shape index (κ3) is 5.61. The van der Waals surface area contributed by atoms with Gasteiger partial charge in [-0.3, -0.25) is 0 Å². The normalized spacial score (nSPS) is 13.4. The zero-order chi connectivity index (χ0) is 12.4. The fourth-order valence-electron chi connectivity index (χ4n) is 1.62. The van der Waals surface area contributed by atoms with Crippen LogP contribution in [-0.2, 0) is 13.3 Å². The lowest BCUT2D eigenvalue weighted by atomic mass is 10.2. The summed E-state index contributed by atoms with van der Waals surface area (Å²) in [5.74, 6) is 0.251. The molecule has 0 bridgehead atoms. The average molecular weight is 245 g/mol. The van der Waals surface area contributed by atoms with Crippen molar-refractivity contribution in [3.8, 4) is 6.07 Å². The van der Waals surface area contributed by atoms with Gasteiger partial charge >= 0.3 is 8.80 Å². The van der Waals surface area contributed by atoms with Crippen LogP contribution in [-0.4, -0.2) is 28.6 Å². The minimum Gasteiger partial charge on any atom is -0.374 e. The van der Waals surface area contributed by atoms with Crippen LogP contribution in [0.25, 0.3) is 0 Å². The van der Waals surface area contributed by atoms with Gasteiger partial charge in [0.25, 0.3) is 0 Å². The van der Waals surface area contributed by atoms with Gasteiger partial charge in [-0.2, -0.15) is 5.26 Å². The molecule has 1 unspecified atom stereocenters. The van der Waals surface area contributed by atoms with Gasteiger partial charge in [0, 0.05) is 32.3 Å². The molecule has 5 heteroatoms. The SMILES string of the molecule is CCO[Si](CC(C)CC#N)(OCC)OCC. The molecule has 0 aliphatic rings. The summed E-state index contributed by atoms with van der Waals surface area (Å²) < 4.78 is 17.1. The first-order valence-electron chi connectivity index (χ1n) is 5.92. The number of nitriles is 1. The highest BCUT2D eigenvalue weighted by Gasteiger charge is 2.41. The van der Waals surface area contributed by atoms with E-state index in [9.17, 15) is 0 Å². The third-order valence-corrected chi connectivity index (χ3v) is 5.51. The van der Waals surface area contributed by atoms with Crippen LogP contribution in [0.1, 0.15) is 34.1 Å². The van der Waals surface area contributed by atoms with Crippen molar-refractivity contribution in [3.63, 3.8) is 0 Å². The van der Waals surface area contributed by atoms with Crippen molar-refractivity contribution in [3.05, 3.63) is 0 Å². The van der Waals surface area contributed by atoms with Gasteiger partial charge in [-0.15, -0.1) is 0 Å². The van der Waals surface area contributed by atoms with Gasteiger partial charge in [0.2, 0.25) is 0 Å². The van der Waals surface area contributed by atoms with Crippen molar-refractivity contribution in [2.75, 3.05) is 19.8 Å². The fourth-order valence-corrected chi connectivity index (χ4v) is 4.54. The quantitative estimate of drug-likeness (QED) is 0.586. The van der Waals surface area contributed by atoms with E-state index in [1.54, 1.807) is 0 Å². The zero-order valence-electron chi connectivity index (χ0n) is 10.8. The molecule has 0 heterocycles.